The second-order valence-electron chi connectivity index (χ2n) is 7.85. The zero-order chi connectivity index (χ0) is 24.0. The Bertz CT molecular complexity index is 1390. The second-order valence-corrected chi connectivity index (χ2v) is 8.86. The van der Waals surface area contributed by atoms with Gasteiger partial charge in [0.25, 0.3) is 0 Å². The molecule has 0 saturated carbocycles. The number of ether oxygens (including phenoxy) is 4. The summed E-state index contributed by atoms with van der Waals surface area (Å²) in [6.45, 7) is 1.94. The SMILES string of the molecule is COc1ccc2nc(-n3nc(C)c4c3NC(=O)CC4c3cc(OC)c(OC)c(OC)c3)sc2c1. The van der Waals surface area contributed by atoms with Crippen LogP contribution in [0.4, 0.5) is 5.82 Å². The minimum atomic E-state index is -0.235. The first kappa shape index (κ1) is 22.0. The lowest BCUT2D eigenvalue weighted by Crippen LogP contribution is -2.25. The molecule has 1 N–H and O–H groups in total. The van der Waals surface area contributed by atoms with Crippen molar-refractivity contribution in [3.63, 3.8) is 0 Å². The number of methoxy groups -OCH3 is 4. The van der Waals surface area contributed by atoms with Crippen LogP contribution >= 0.6 is 11.3 Å². The lowest BCUT2D eigenvalue weighted by atomic mass is 9.85. The number of benzene rings is 2. The van der Waals surface area contributed by atoms with Crippen LogP contribution in [0.1, 0.15) is 29.2 Å². The fraction of sp³-hybridized carbons (Fsp3) is 0.292. The van der Waals surface area contributed by atoms with Crippen molar-refractivity contribution in [3.05, 3.63) is 47.2 Å². The molecule has 34 heavy (non-hydrogen) atoms. The molecule has 0 bridgehead atoms. The first-order valence-corrected chi connectivity index (χ1v) is 11.4. The predicted molar refractivity (Wildman–Crippen MR) is 129 cm³/mol. The second kappa shape index (κ2) is 8.53. The molecule has 176 valence electrons. The van der Waals surface area contributed by atoms with Crippen molar-refractivity contribution in [2.24, 2.45) is 0 Å². The van der Waals surface area contributed by atoms with Crippen LogP contribution in [-0.4, -0.2) is 49.1 Å². The van der Waals surface area contributed by atoms with Gasteiger partial charge in [0.1, 0.15) is 11.6 Å². The van der Waals surface area contributed by atoms with Crippen molar-refractivity contribution in [1.82, 2.24) is 14.8 Å². The smallest absolute Gasteiger partial charge is 0.226 e. The van der Waals surface area contributed by atoms with Gasteiger partial charge in [-0.3, -0.25) is 4.79 Å². The number of aromatic nitrogens is 3. The molecular weight excluding hydrogens is 456 g/mol. The van der Waals surface area contributed by atoms with E-state index in [-0.39, 0.29) is 18.2 Å². The van der Waals surface area contributed by atoms with Gasteiger partial charge in [0.15, 0.2) is 11.5 Å². The summed E-state index contributed by atoms with van der Waals surface area (Å²) in [5, 5.41) is 8.44. The number of nitrogens with one attached hydrogen (secondary N) is 1. The highest BCUT2D eigenvalue weighted by molar-refractivity contribution is 7.20. The van der Waals surface area contributed by atoms with Crippen molar-refractivity contribution in [1.29, 1.82) is 0 Å². The highest BCUT2D eigenvalue weighted by Gasteiger charge is 2.34. The van der Waals surface area contributed by atoms with Crippen LogP contribution in [-0.2, 0) is 4.79 Å². The van der Waals surface area contributed by atoms with Crippen LogP contribution in [0.15, 0.2) is 30.3 Å². The molecule has 0 fully saturated rings. The monoisotopic (exact) mass is 480 g/mol. The molecule has 0 saturated heterocycles. The van der Waals surface area contributed by atoms with Gasteiger partial charge in [-0.05, 0) is 42.8 Å². The van der Waals surface area contributed by atoms with Crippen LogP contribution in [0, 0.1) is 6.92 Å². The Balaban J connectivity index is 1.65. The zero-order valence-corrected chi connectivity index (χ0v) is 20.3. The summed E-state index contributed by atoms with van der Waals surface area (Å²) in [6.07, 6.45) is 0.273. The Hall–Kier alpha value is -3.79. The number of thiazole rings is 1. The summed E-state index contributed by atoms with van der Waals surface area (Å²) in [7, 11) is 6.35. The molecule has 2 aromatic carbocycles. The standard InChI is InChI=1S/C24H24N4O5S/c1-12-21-15(13-8-17(31-3)22(33-5)18(9-13)32-4)11-20(29)26-23(21)28(27-12)24-25-16-7-6-14(30-2)10-19(16)34-24/h6-10,15H,11H2,1-5H3,(H,26,29). The first-order chi connectivity index (χ1) is 16.5. The van der Waals surface area contributed by atoms with Crippen LogP contribution in [0.3, 0.4) is 0 Å². The number of carbonyl (C=O) groups is 1. The van der Waals surface area contributed by atoms with Gasteiger partial charge >= 0.3 is 0 Å². The van der Waals surface area contributed by atoms with Crippen LogP contribution in [0.2, 0.25) is 0 Å². The molecule has 1 unspecified atom stereocenters. The molecule has 0 spiro atoms. The van der Waals surface area contributed by atoms with Gasteiger partial charge in [-0.1, -0.05) is 11.3 Å². The molecule has 9 nitrogen and oxygen atoms in total. The third kappa shape index (κ3) is 3.50. The van der Waals surface area contributed by atoms with Gasteiger partial charge < -0.3 is 24.3 Å². The first-order valence-electron chi connectivity index (χ1n) is 10.6. The Kier molecular flexibility index (Phi) is 5.52. The van der Waals surface area contributed by atoms with Gasteiger partial charge in [0.05, 0.1) is 44.3 Å². The van der Waals surface area contributed by atoms with E-state index in [1.807, 2.05) is 37.3 Å². The number of anilines is 1. The van der Waals surface area contributed by atoms with Gasteiger partial charge in [-0.2, -0.15) is 9.78 Å². The molecule has 0 aliphatic carbocycles. The van der Waals surface area contributed by atoms with E-state index in [1.165, 1.54) is 11.3 Å². The predicted octanol–water partition coefficient (Wildman–Crippen LogP) is 4.30. The summed E-state index contributed by atoms with van der Waals surface area (Å²) in [5.41, 5.74) is 3.46. The number of carbonyl (C=O) groups excluding carboxylic acids is 1. The highest BCUT2D eigenvalue weighted by atomic mass is 32.1. The number of aryl methyl sites for hydroxylation is 1. The zero-order valence-electron chi connectivity index (χ0n) is 19.5. The molecule has 1 aliphatic rings. The Morgan fingerprint density at radius 2 is 1.76 bits per heavy atom. The number of nitrogens with zero attached hydrogens (tertiary/aromatic N) is 3. The fourth-order valence-electron chi connectivity index (χ4n) is 4.38. The number of hydrogen-bond donors (Lipinski definition) is 1. The topological polar surface area (TPSA) is 96.7 Å². The average molecular weight is 481 g/mol. The summed E-state index contributed by atoms with van der Waals surface area (Å²) in [5.74, 6) is 2.63. The molecule has 4 aromatic rings. The lowest BCUT2D eigenvalue weighted by Gasteiger charge is -2.25. The Morgan fingerprint density at radius 3 is 2.41 bits per heavy atom. The van der Waals surface area contributed by atoms with E-state index in [1.54, 1.807) is 33.1 Å². The number of fused-ring (bicyclic) bond motifs is 2. The molecule has 10 heteroatoms. The number of hydrogen-bond acceptors (Lipinski definition) is 8. The maximum atomic E-state index is 12.8. The van der Waals surface area contributed by atoms with Crippen LogP contribution in [0.25, 0.3) is 15.3 Å². The van der Waals surface area contributed by atoms with E-state index in [2.05, 4.69) is 5.32 Å². The van der Waals surface area contributed by atoms with Crippen molar-refractivity contribution >= 4 is 33.3 Å². The summed E-state index contributed by atoms with van der Waals surface area (Å²) < 4.78 is 24.6. The average Bonchev–Trinajstić information content (AvgIpc) is 3.42. The normalized spacial score (nSPS) is 15.1. The number of rotatable bonds is 6. The van der Waals surface area contributed by atoms with Crippen LogP contribution in [0.5, 0.6) is 23.0 Å². The molecule has 1 aliphatic heterocycles. The molecule has 2 aromatic heterocycles. The molecular formula is C24H24N4O5S. The lowest BCUT2D eigenvalue weighted by molar-refractivity contribution is -0.116. The third-order valence-electron chi connectivity index (χ3n) is 5.96. The molecule has 5 rings (SSSR count). The molecule has 1 amide bonds. The van der Waals surface area contributed by atoms with Gasteiger partial charge in [0, 0.05) is 17.9 Å². The molecule has 1 atom stereocenters. The molecule has 0 radical (unpaired) electrons. The minimum absolute atomic E-state index is 0.102. The largest absolute Gasteiger partial charge is 0.497 e. The van der Waals surface area contributed by atoms with E-state index in [0.717, 1.165) is 32.8 Å². The third-order valence-corrected chi connectivity index (χ3v) is 6.95. The van der Waals surface area contributed by atoms with E-state index >= 15 is 0 Å². The van der Waals surface area contributed by atoms with Crippen molar-refractivity contribution < 1.29 is 23.7 Å². The van der Waals surface area contributed by atoms with Gasteiger partial charge in [-0.25, -0.2) is 4.98 Å². The molecule has 3 heterocycles. The summed E-state index contributed by atoms with van der Waals surface area (Å²) in [6, 6.07) is 9.49. The Morgan fingerprint density at radius 1 is 1.03 bits per heavy atom. The summed E-state index contributed by atoms with van der Waals surface area (Å²) in [4.78, 5) is 17.6. The van der Waals surface area contributed by atoms with Crippen LogP contribution < -0.4 is 24.3 Å². The van der Waals surface area contributed by atoms with E-state index in [4.69, 9.17) is 29.0 Å². The number of amides is 1. The van der Waals surface area contributed by atoms with Crippen molar-refractivity contribution in [2.75, 3.05) is 33.8 Å². The fourth-order valence-corrected chi connectivity index (χ4v) is 5.34. The highest BCUT2D eigenvalue weighted by Crippen LogP contribution is 2.46. The van der Waals surface area contributed by atoms with Crippen molar-refractivity contribution in [2.45, 2.75) is 19.3 Å². The summed E-state index contributed by atoms with van der Waals surface area (Å²) >= 11 is 1.48. The van der Waals surface area contributed by atoms with E-state index < -0.39 is 0 Å². The van der Waals surface area contributed by atoms with E-state index in [0.29, 0.717) is 28.2 Å². The van der Waals surface area contributed by atoms with Crippen molar-refractivity contribution in [3.8, 4) is 28.1 Å². The quantitative estimate of drug-likeness (QED) is 0.439. The van der Waals surface area contributed by atoms with Gasteiger partial charge in [0.2, 0.25) is 16.8 Å². The van der Waals surface area contributed by atoms with E-state index in [9.17, 15) is 4.79 Å². The maximum absolute atomic E-state index is 12.8. The van der Waals surface area contributed by atoms with Gasteiger partial charge in [-0.15, -0.1) is 0 Å². The Labute approximate surface area is 200 Å². The minimum Gasteiger partial charge on any atom is -0.497 e. The maximum Gasteiger partial charge on any atom is 0.226 e.